The highest BCUT2D eigenvalue weighted by molar-refractivity contribution is 5.77. The molecule has 7 heteroatoms. The summed E-state index contributed by atoms with van der Waals surface area (Å²) in [6.07, 6.45) is 6.50. The van der Waals surface area contributed by atoms with Gasteiger partial charge in [-0.1, -0.05) is 13.3 Å². The van der Waals surface area contributed by atoms with E-state index in [0.717, 1.165) is 31.4 Å². The number of amides is 2. The summed E-state index contributed by atoms with van der Waals surface area (Å²) in [6, 6.07) is 1.81. The fourth-order valence-corrected chi connectivity index (χ4v) is 3.31. The van der Waals surface area contributed by atoms with E-state index in [0.29, 0.717) is 39.1 Å². The van der Waals surface area contributed by atoms with E-state index in [4.69, 9.17) is 4.84 Å². The Morgan fingerprint density at radius 2 is 2.21 bits per heavy atom. The van der Waals surface area contributed by atoms with Crippen molar-refractivity contribution in [3.8, 4) is 0 Å². The van der Waals surface area contributed by atoms with Crippen LogP contribution in [-0.2, 0) is 21.0 Å². The van der Waals surface area contributed by atoms with Gasteiger partial charge in [0.25, 0.3) is 0 Å². The molecule has 3 rings (SSSR count). The third kappa shape index (κ3) is 3.77. The minimum atomic E-state index is -0.118. The Kier molecular flexibility index (Phi) is 5.50. The van der Waals surface area contributed by atoms with Crippen LogP contribution in [0.2, 0.25) is 0 Å². The number of fused-ring (bicyclic) bond motifs is 1. The van der Waals surface area contributed by atoms with Gasteiger partial charge in [-0.3, -0.25) is 19.1 Å². The van der Waals surface area contributed by atoms with Crippen LogP contribution < -0.4 is 0 Å². The summed E-state index contributed by atoms with van der Waals surface area (Å²) in [6.45, 7) is 4.45. The van der Waals surface area contributed by atoms with Gasteiger partial charge < -0.3 is 4.90 Å². The molecule has 0 bridgehead atoms. The molecule has 1 saturated heterocycles. The van der Waals surface area contributed by atoms with Gasteiger partial charge in [0, 0.05) is 25.7 Å². The van der Waals surface area contributed by atoms with Crippen molar-refractivity contribution in [2.45, 2.75) is 58.0 Å². The lowest BCUT2D eigenvalue weighted by atomic mass is 10.1. The van der Waals surface area contributed by atoms with Gasteiger partial charge in [-0.15, -0.1) is 0 Å². The molecule has 1 atom stereocenters. The van der Waals surface area contributed by atoms with Gasteiger partial charge in [0.2, 0.25) is 11.8 Å². The second-order valence-electron chi connectivity index (χ2n) is 6.54. The molecule has 0 saturated carbocycles. The number of unbranched alkanes of at least 4 members (excludes halogenated alkanes) is 1. The summed E-state index contributed by atoms with van der Waals surface area (Å²) in [4.78, 5) is 32.2. The number of hydrogen-bond donors (Lipinski definition) is 0. The van der Waals surface area contributed by atoms with E-state index in [2.05, 4.69) is 12.0 Å². The molecule has 1 fully saturated rings. The Bertz CT molecular complexity index is 580. The van der Waals surface area contributed by atoms with Crippen LogP contribution in [0.15, 0.2) is 12.3 Å². The average Bonchev–Trinajstić information content (AvgIpc) is 3.09. The van der Waals surface area contributed by atoms with Gasteiger partial charge in [-0.05, 0) is 25.3 Å². The lowest BCUT2D eigenvalue weighted by molar-refractivity contribution is -0.198. The van der Waals surface area contributed by atoms with Crippen LogP contribution >= 0.6 is 0 Å². The first kappa shape index (κ1) is 17.0. The van der Waals surface area contributed by atoms with E-state index in [-0.39, 0.29) is 17.9 Å². The van der Waals surface area contributed by atoms with Crippen LogP contribution in [-0.4, -0.2) is 51.3 Å². The zero-order valence-electron chi connectivity index (χ0n) is 14.3. The third-order valence-corrected chi connectivity index (χ3v) is 4.67. The number of nitrogens with zero attached hydrogens (tertiary/aromatic N) is 4. The predicted octanol–water partition coefficient (Wildman–Crippen LogP) is 1.90. The Balaban J connectivity index is 1.67. The molecule has 1 aromatic rings. The SMILES string of the molecule is CCCCC(=O)N1Cc2ccnn2C(CC(=O)N2CCCCO2)C1. The van der Waals surface area contributed by atoms with Crippen molar-refractivity contribution in [1.82, 2.24) is 19.7 Å². The van der Waals surface area contributed by atoms with Crippen LogP contribution in [0.4, 0.5) is 0 Å². The zero-order chi connectivity index (χ0) is 16.9. The molecule has 7 nitrogen and oxygen atoms in total. The highest BCUT2D eigenvalue weighted by Gasteiger charge is 2.31. The maximum Gasteiger partial charge on any atom is 0.248 e. The van der Waals surface area contributed by atoms with E-state index in [1.807, 2.05) is 15.6 Å². The van der Waals surface area contributed by atoms with Crippen molar-refractivity contribution in [3.63, 3.8) is 0 Å². The first-order valence-electron chi connectivity index (χ1n) is 8.92. The maximum absolute atomic E-state index is 12.5. The number of aromatic nitrogens is 2. The van der Waals surface area contributed by atoms with E-state index >= 15 is 0 Å². The largest absolute Gasteiger partial charge is 0.335 e. The number of hydroxylamine groups is 2. The molecular formula is C17H26N4O3. The van der Waals surface area contributed by atoms with Crippen molar-refractivity contribution < 1.29 is 14.4 Å². The lowest BCUT2D eigenvalue weighted by Gasteiger charge is -2.35. The molecule has 0 spiro atoms. The summed E-state index contributed by atoms with van der Waals surface area (Å²) in [7, 11) is 0. The number of carbonyl (C=O) groups is 2. The number of hydrogen-bond acceptors (Lipinski definition) is 4. The Morgan fingerprint density at radius 3 is 2.96 bits per heavy atom. The van der Waals surface area contributed by atoms with Gasteiger partial charge in [-0.25, -0.2) is 5.06 Å². The van der Waals surface area contributed by atoms with E-state index in [1.54, 1.807) is 6.20 Å². The minimum absolute atomic E-state index is 0.0241. The fraction of sp³-hybridized carbons (Fsp3) is 0.706. The predicted molar refractivity (Wildman–Crippen MR) is 87.7 cm³/mol. The Hall–Kier alpha value is -1.89. The Morgan fingerprint density at radius 1 is 1.33 bits per heavy atom. The van der Waals surface area contributed by atoms with Crippen LogP contribution in [0.1, 0.15) is 57.2 Å². The van der Waals surface area contributed by atoms with E-state index < -0.39 is 0 Å². The molecule has 2 aliphatic rings. The van der Waals surface area contributed by atoms with E-state index in [9.17, 15) is 9.59 Å². The molecule has 0 aliphatic carbocycles. The van der Waals surface area contributed by atoms with Gasteiger partial charge in [-0.2, -0.15) is 5.10 Å². The van der Waals surface area contributed by atoms with Crippen LogP contribution in [0.5, 0.6) is 0 Å². The van der Waals surface area contributed by atoms with Gasteiger partial charge in [0.1, 0.15) is 0 Å². The van der Waals surface area contributed by atoms with Crippen LogP contribution in [0.25, 0.3) is 0 Å². The monoisotopic (exact) mass is 334 g/mol. The quantitative estimate of drug-likeness (QED) is 0.825. The summed E-state index contributed by atoms with van der Waals surface area (Å²) < 4.78 is 1.89. The first-order valence-corrected chi connectivity index (χ1v) is 8.92. The maximum atomic E-state index is 12.5. The summed E-state index contributed by atoms with van der Waals surface area (Å²) in [5.74, 6) is 0.139. The summed E-state index contributed by atoms with van der Waals surface area (Å²) in [5.41, 5.74) is 0.989. The molecule has 2 amide bonds. The zero-order valence-corrected chi connectivity index (χ0v) is 14.3. The smallest absolute Gasteiger partial charge is 0.248 e. The average molecular weight is 334 g/mol. The second-order valence-corrected chi connectivity index (χ2v) is 6.54. The highest BCUT2D eigenvalue weighted by Crippen LogP contribution is 2.25. The molecule has 1 aromatic heterocycles. The molecule has 0 radical (unpaired) electrons. The Labute approximate surface area is 142 Å². The topological polar surface area (TPSA) is 67.7 Å². The van der Waals surface area contributed by atoms with Gasteiger partial charge in [0.15, 0.2) is 0 Å². The van der Waals surface area contributed by atoms with Crippen molar-refractivity contribution >= 4 is 11.8 Å². The molecule has 24 heavy (non-hydrogen) atoms. The van der Waals surface area contributed by atoms with Crippen LogP contribution in [0, 0.1) is 0 Å². The molecular weight excluding hydrogens is 308 g/mol. The highest BCUT2D eigenvalue weighted by atomic mass is 16.7. The molecule has 1 unspecified atom stereocenters. The van der Waals surface area contributed by atoms with Crippen molar-refractivity contribution in [2.75, 3.05) is 19.7 Å². The molecule has 3 heterocycles. The fourth-order valence-electron chi connectivity index (χ4n) is 3.31. The minimum Gasteiger partial charge on any atom is -0.335 e. The van der Waals surface area contributed by atoms with Gasteiger partial charge >= 0.3 is 0 Å². The van der Waals surface area contributed by atoms with Gasteiger partial charge in [0.05, 0.1) is 31.3 Å². The third-order valence-electron chi connectivity index (χ3n) is 4.67. The second kappa shape index (κ2) is 7.79. The van der Waals surface area contributed by atoms with E-state index in [1.165, 1.54) is 5.06 Å². The van der Waals surface area contributed by atoms with Crippen molar-refractivity contribution in [1.29, 1.82) is 0 Å². The standard InChI is InChI=1S/C17H26N4O3/c1-2-3-6-16(22)19-12-14-7-8-18-21(14)15(13-19)11-17(23)20-9-4-5-10-24-20/h7-8,15H,2-6,9-13H2,1H3. The lowest BCUT2D eigenvalue weighted by Crippen LogP contribution is -2.44. The van der Waals surface area contributed by atoms with Crippen molar-refractivity contribution in [2.24, 2.45) is 0 Å². The first-order chi connectivity index (χ1) is 11.7. The summed E-state index contributed by atoms with van der Waals surface area (Å²) >= 11 is 0. The molecule has 0 N–H and O–H groups in total. The summed E-state index contributed by atoms with van der Waals surface area (Å²) in [5, 5.41) is 5.84. The molecule has 2 aliphatic heterocycles. The number of carbonyl (C=O) groups excluding carboxylic acids is 2. The van der Waals surface area contributed by atoms with Crippen molar-refractivity contribution in [3.05, 3.63) is 18.0 Å². The molecule has 0 aromatic carbocycles. The molecule has 132 valence electrons. The normalized spacial score (nSPS) is 20.8. The number of rotatable bonds is 5. The van der Waals surface area contributed by atoms with Crippen LogP contribution in [0.3, 0.4) is 0 Å².